The van der Waals surface area contributed by atoms with E-state index in [0.717, 1.165) is 11.1 Å². The summed E-state index contributed by atoms with van der Waals surface area (Å²) in [6, 6.07) is -0.389. The Kier molecular flexibility index (Phi) is 4.03. The van der Waals surface area contributed by atoms with Gasteiger partial charge in [0.2, 0.25) is 0 Å². The zero-order valence-corrected chi connectivity index (χ0v) is 9.89. The van der Waals surface area contributed by atoms with Crippen LogP contribution in [0.5, 0.6) is 0 Å². The molecule has 0 aromatic carbocycles. The number of nitrogens with one attached hydrogen (secondary N) is 2. The Morgan fingerprint density at radius 2 is 2.00 bits per heavy atom. The Hall–Kier alpha value is -2.38. The van der Waals surface area contributed by atoms with Crippen LogP contribution in [0.3, 0.4) is 0 Å². The van der Waals surface area contributed by atoms with E-state index in [0.29, 0.717) is 0 Å². The zero-order chi connectivity index (χ0) is 13.9. The summed E-state index contributed by atoms with van der Waals surface area (Å²) in [5.41, 5.74) is -1.88. The fourth-order valence-electron chi connectivity index (χ4n) is 1.36. The topological polar surface area (TPSA) is 123 Å². The molecule has 18 heavy (non-hydrogen) atoms. The smallest absolute Gasteiger partial charge is 0.325 e. The molecule has 0 bridgehead atoms. The Bertz CT molecular complexity index is 571. The lowest BCUT2D eigenvalue weighted by molar-refractivity contribution is -0.138. The maximum absolute atomic E-state index is 12.0. The molecule has 1 aromatic rings. The minimum Gasteiger partial charge on any atom is -0.480 e. The number of aliphatic carboxylic acids is 1. The molecule has 0 aliphatic carbocycles. The second kappa shape index (κ2) is 5.30. The predicted octanol–water partition coefficient (Wildman–Crippen LogP) is -1.00. The van der Waals surface area contributed by atoms with E-state index in [-0.39, 0.29) is 11.6 Å². The van der Waals surface area contributed by atoms with E-state index in [9.17, 15) is 19.2 Å². The molecule has 1 aromatic heterocycles. The van der Waals surface area contributed by atoms with E-state index in [1.807, 2.05) is 4.98 Å². The summed E-state index contributed by atoms with van der Waals surface area (Å²) in [7, 11) is 0. The summed E-state index contributed by atoms with van der Waals surface area (Å²) in [5, 5.41) is 8.70. The Labute approximate surface area is 101 Å². The highest BCUT2D eigenvalue weighted by Gasteiger charge is 2.23. The van der Waals surface area contributed by atoms with E-state index in [1.54, 1.807) is 13.8 Å². The van der Waals surface area contributed by atoms with Crippen molar-refractivity contribution in [3.63, 3.8) is 0 Å². The van der Waals surface area contributed by atoms with Crippen molar-refractivity contribution < 1.29 is 14.7 Å². The molecule has 0 atom stereocenters. The van der Waals surface area contributed by atoms with Crippen molar-refractivity contribution in [2.45, 2.75) is 19.9 Å². The van der Waals surface area contributed by atoms with Gasteiger partial charge < -0.3 is 15.0 Å². The van der Waals surface area contributed by atoms with Crippen LogP contribution < -0.4 is 11.2 Å². The van der Waals surface area contributed by atoms with Gasteiger partial charge in [0.1, 0.15) is 12.1 Å². The van der Waals surface area contributed by atoms with Crippen molar-refractivity contribution >= 4 is 11.9 Å². The minimum absolute atomic E-state index is 0.301. The number of rotatable bonds is 4. The standard InChI is InChI=1S/C10H13N3O5/c1-5(2)13(4-7(14)15)9(17)6-3-11-10(18)12-8(6)16/h3,5H,4H2,1-2H3,(H,14,15)(H2,11,12,16,18). The molecule has 1 amide bonds. The van der Waals surface area contributed by atoms with Crippen LogP contribution in [0.2, 0.25) is 0 Å². The van der Waals surface area contributed by atoms with Crippen molar-refractivity contribution in [1.82, 2.24) is 14.9 Å². The molecule has 98 valence electrons. The van der Waals surface area contributed by atoms with Gasteiger partial charge in [0, 0.05) is 12.2 Å². The van der Waals surface area contributed by atoms with Crippen LogP contribution in [0.1, 0.15) is 24.2 Å². The molecule has 8 heteroatoms. The highest BCUT2D eigenvalue weighted by atomic mass is 16.4. The summed E-state index contributed by atoms with van der Waals surface area (Å²) in [6.07, 6.45) is 0.973. The first-order valence-corrected chi connectivity index (χ1v) is 5.17. The summed E-state index contributed by atoms with van der Waals surface area (Å²) >= 11 is 0. The Balaban J connectivity index is 3.13. The highest BCUT2D eigenvalue weighted by molar-refractivity contribution is 5.95. The third-order valence-corrected chi connectivity index (χ3v) is 2.24. The summed E-state index contributed by atoms with van der Waals surface area (Å²) in [4.78, 5) is 50.0. The number of aromatic nitrogens is 2. The molecular weight excluding hydrogens is 242 g/mol. The van der Waals surface area contributed by atoms with Gasteiger partial charge in [0.25, 0.3) is 11.5 Å². The normalized spacial score (nSPS) is 10.4. The van der Waals surface area contributed by atoms with Crippen molar-refractivity contribution in [3.8, 4) is 0 Å². The number of hydrogen-bond donors (Lipinski definition) is 3. The number of carbonyl (C=O) groups excluding carboxylic acids is 1. The Morgan fingerprint density at radius 1 is 1.39 bits per heavy atom. The second-order valence-corrected chi connectivity index (χ2v) is 3.91. The lowest BCUT2D eigenvalue weighted by Crippen LogP contribution is -2.43. The molecule has 8 nitrogen and oxygen atoms in total. The second-order valence-electron chi connectivity index (χ2n) is 3.91. The highest BCUT2D eigenvalue weighted by Crippen LogP contribution is 2.03. The number of carboxylic acid groups (broad SMARTS) is 1. The van der Waals surface area contributed by atoms with Crippen LogP contribution in [0.15, 0.2) is 15.8 Å². The van der Waals surface area contributed by atoms with E-state index < -0.39 is 29.7 Å². The van der Waals surface area contributed by atoms with Crippen LogP contribution in [0.25, 0.3) is 0 Å². The van der Waals surface area contributed by atoms with Crippen LogP contribution >= 0.6 is 0 Å². The van der Waals surface area contributed by atoms with Gasteiger partial charge in [-0.2, -0.15) is 0 Å². The minimum atomic E-state index is -1.18. The quantitative estimate of drug-likeness (QED) is 0.636. The van der Waals surface area contributed by atoms with E-state index in [1.165, 1.54) is 0 Å². The van der Waals surface area contributed by atoms with Crippen LogP contribution in [-0.2, 0) is 4.79 Å². The van der Waals surface area contributed by atoms with Gasteiger partial charge in [-0.25, -0.2) is 4.79 Å². The largest absolute Gasteiger partial charge is 0.480 e. The summed E-state index contributed by atoms with van der Waals surface area (Å²) < 4.78 is 0. The number of carboxylic acids is 1. The molecule has 0 aliphatic heterocycles. The number of H-pyrrole nitrogens is 2. The third-order valence-electron chi connectivity index (χ3n) is 2.24. The number of aromatic amines is 2. The van der Waals surface area contributed by atoms with Crippen LogP contribution in [0, 0.1) is 0 Å². The van der Waals surface area contributed by atoms with Gasteiger partial charge in [-0.15, -0.1) is 0 Å². The van der Waals surface area contributed by atoms with Crippen LogP contribution in [0.4, 0.5) is 0 Å². The molecule has 0 radical (unpaired) electrons. The van der Waals surface area contributed by atoms with Gasteiger partial charge in [-0.3, -0.25) is 19.4 Å². The van der Waals surface area contributed by atoms with E-state index >= 15 is 0 Å². The molecule has 1 heterocycles. The summed E-state index contributed by atoms with van der Waals surface area (Å²) in [6.45, 7) is 2.73. The first-order valence-electron chi connectivity index (χ1n) is 5.17. The van der Waals surface area contributed by atoms with Gasteiger partial charge in [-0.05, 0) is 13.8 Å². The van der Waals surface area contributed by atoms with Gasteiger partial charge >= 0.3 is 11.7 Å². The molecule has 1 rings (SSSR count). The van der Waals surface area contributed by atoms with Gasteiger partial charge in [-0.1, -0.05) is 0 Å². The molecule has 0 saturated carbocycles. The maximum atomic E-state index is 12.0. The molecule has 0 aliphatic rings. The molecular formula is C10H13N3O5. The average Bonchev–Trinajstić information content (AvgIpc) is 2.24. The van der Waals surface area contributed by atoms with Crippen molar-refractivity contribution in [2.24, 2.45) is 0 Å². The van der Waals surface area contributed by atoms with E-state index in [2.05, 4.69) is 4.98 Å². The number of hydrogen-bond acceptors (Lipinski definition) is 4. The van der Waals surface area contributed by atoms with Gasteiger partial charge in [0.15, 0.2) is 0 Å². The number of nitrogens with zero attached hydrogens (tertiary/aromatic N) is 1. The fraction of sp³-hybridized carbons (Fsp3) is 0.400. The number of carbonyl (C=O) groups is 2. The van der Waals surface area contributed by atoms with Crippen molar-refractivity contribution in [2.75, 3.05) is 6.54 Å². The van der Waals surface area contributed by atoms with Crippen molar-refractivity contribution in [3.05, 3.63) is 32.6 Å². The molecule has 0 saturated heterocycles. The molecule has 0 spiro atoms. The number of amides is 1. The third kappa shape index (κ3) is 3.06. The molecule has 0 fully saturated rings. The monoisotopic (exact) mass is 255 g/mol. The maximum Gasteiger partial charge on any atom is 0.325 e. The first-order chi connectivity index (χ1) is 8.32. The van der Waals surface area contributed by atoms with E-state index in [4.69, 9.17) is 5.11 Å². The SMILES string of the molecule is CC(C)N(CC(=O)O)C(=O)c1c[nH]c(=O)[nH]c1=O. The van der Waals surface area contributed by atoms with Crippen molar-refractivity contribution in [1.29, 1.82) is 0 Å². The lowest BCUT2D eigenvalue weighted by atomic mass is 10.2. The van der Waals surface area contributed by atoms with Crippen LogP contribution in [-0.4, -0.2) is 44.4 Å². The predicted molar refractivity (Wildman–Crippen MR) is 61.5 cm³/mol. The zero-order valence-electron chi connectivity index (χ0n) is 9.89. The lowest BCUT2D eigenvalue weighted by Gasteiger charge is -2.24. The average molecular weight is 255 g/mol. The fourth-order valence-corrected chi connectivity index (χ4v) is 1.36. The summed E-state index contributed by atoms with van der Waals surface area (Å²) in [5.74, 6) is -1.93. The first kappa shape index (κ1) is 13.7. The molecule has 0 unspecified atom stereocenters. The van der Waals surface area contributed by atoms with Gasteiger partial charge in [0.05, 0.1) is 0 Å². The molecule has 3 N–H and O–H groups in total. The Morgan fingerprint density at radius 3 is 2.44 bits per heavy atom.